The van der Waals surface area contributed by atoms with Crippen molar-refractivity contribution in [3.63, 3.8) is 0 Å². The average molecular weight is 589 g/mol. The predicted molar refractivity (Wildman–Crippen MR) is 146 cm³/mol. The molecule has 14 heteroatoms. The first-order chi connectivity index (χ1) is 19.7. The number of carbonyl (C=O) groups is 4. The van der Waals surface area contributed by atoms with Crippen LogP contribution in [0.2, 0.25) is 0 Å². The largest absolute Gasteiger partial charge is 0.388 e. The van der Waals surface area contributed by atoms with Crippen LogP contribution in [0.4, 0.5) is 0 Å². The molecule has 2 rings (SSSR count). The van der Waals surface area contributed by atoms with Crippen molar-refractivity contribution in [3.8, 4) is 0 Å². The van der Waals surface area contributed by atoms with Crippen LogP contribution in [0, 0.1) is 0 Å². The van der Waals surface area contributed by atoms with Gasteiger partial charge < -0.3 is 50.4 Å². The molecule has 0 aromatic carbocycles. The molecule has 4 amide bonds. The van der Waals surface area contributed by atoms with Crippen molar-refractivity contribution >= 4 is 23.6 Å². The molecule has 0 bridgehead atoms. The van der Waals surface area contributed by atoms with E-state index in [2.05, 4.69) is 21.3 Å². The molecule has 14 nitrogen and oxygen atoms in total. The van der Waals surface area contributed by atoms with E-state index in [9.17, 15) is 29.4 Å². The van der Waals surface area contributed by atoms with Crippen molar-refractivity contribution in [2.75, 3.05) is 40.0 Å². The zero-order valence-electron chi connectivity index (χ0n) is 24.2. The molecule has 236 valence electrons. The Balaban J connectivity index is 1.75. The van der Waals surface area contributed by atoms with Crippen LogP contribution in [0.15, 0.2) is 0 Å². The fourth-order valence-electron chi connectivity index (χ4n) is 4.41. The first-order valence-electron chi connectivity index (χ1n) is 14.6. The monoisotopic (exact) mass is 588 g/mol. The standard InChI is InChI=1S/C27H48N4O10/c1-18-9-11-21(33)27(41-18)40-16-13-29-23(35)12-10-19(31-24(36)8-4-3-7-22(34)28-2)25(37)30-14-17-39-26-20(32)6-5-15-38-26/h18-21,26-27,32-33H,3-17H2,1-2H3,(H,28,34)(H,29,35)(H,30,37)(H,31,36)/t18-,19?,20?,21?,26?,27?/m0/s1. The van der Waals surface area contributed by atoms with Crippen LogP contribution >= 0.6 is 0 Å². The van der Waals surface area contributed by atoms with Gasteiger partial charge in [-0.3, -0.25) is 19.2 Å². The first kappa shape index (κ1) is 34.8. The number of aliphatic hydroxyl groups is 2. The van der Waals surface area contributed by atoms with Crippen molar-refractivity contribution < 1.29 is 48.3 Å². The quantitative estimate of drug-likeness (QED) is 0.110. The number of amides is 4. The highest BCUT2D eigenvalue weighted by molar-refractivity contribution is 5.88. The van der Waals surface area contributed by atoms with Gasteiger partial charge in [0.2, 0.25) is 23.6 Å². The summed E-state index contributed by atoms with van der Waals surface area (Å²) in [6.45, 7) is 2.97. The average Bonchev–Trinajstić information content (AvgIpc) is 2.96. The second kappa shape index (κ2) is 19.7. The molecule has 2 heterocycles. The van der Waals surface area contributed by atoms with Gasteiger partial charge in [-0.05, 0) is 51.9 Å². The Morgan fingerprint density at radius 2 is 1.51 bits per heavy atom. The zero-order valence-corrected chi connectivity index (χ0v) is 24.2. The van der Waals surface area contributed by atoms with Crippen LogP contribution in [0.5, 0.6) is 0 Å². The molecule has 2 fully saturated rings. The topological polar surface area (TPSA) is 194 Å². The van der Waals surface area contributed by atoms with Crippen LogP contribution in [0.1, 0.15) is 71.1 Å². The minimum Gasteiger partial charge on any atom is -0.388 e. The summed E-state index contributed by atoms with van der Waals surface area (Å²) in [5.41, 5.74) is 0. The van der Waals surface area contributed by atoms with Crippen molar-refractivity contribution in [2.24, 2.45) is 0 Å². The third-order valence-electron chi connectivity index (χ3n) is 6.83. The van der Waals surface area contributed by atoms with Crippen molar-refractivity contribution in [1.29, 1.82) is 0 Å². The Hall–Kier alpha value is -2.36. The Kier molecular flexibility index (Phi) is 16.7. The lowest BCUT2D eigenvalue weighted by atomic mass is 10.1. The number of hydrogen-bond donors (Lipinski definition) is 6. The minimum absolute atomic E-state index is 0.00845. The lowest BCUT2D eigenvalue weighted by Crippen LogP contribution is -2.48. The minimum atomic E-state index is -0.952. The van der Waals surface area contributed by atoms with Gasteiger partial charge in [0, 0.05) is 46.0 Å². The first-order valence-corrected chi connectivity index (χ1v) is 14.6. The molecular formula is C27H48N4O10. The number of nitrogens with one attached hydrogen (secondary N) is 4. The van der Waals surface area contributed by atoms with Crippen molar-refractivity contribution in [1.82, 2.24) is 21.3 Å². The van der Waals surface area contributed by atoms with Crippen LogP contribution < -0.4 is 21.3 Å². The molecule has 6 N–H and O–H groups in total. The van der Waals surface area contributed by atoms with Crippen LogP contribution in [0.25, 0.3) is 0 Å². The van der Waals surface area contributed by atoms with Gasteiger partial charge >= 0.3 is 0 Å². The molecule has 6 atom stereocenters. The maximum atomic E-state index is 12.9. The van der Waals surface area contributed by atoms with Gasteiger partial charge in [-0.1, -0.05) is 0 Å². The Morgan fingerprint density at radius 1 is 0.854 bits per heavy atom. The van der Waals surface area contributed by atoms with E-state index in [4.69, 9.17) is 18.9 Å². The summed E-state index contributed by atoms with van der Waals surface area (Å²) in [6, 6.07) is -0.952. The number of rotatable bonds is 18. The second-order valence-corrected chi connectivity index (χ2v) is 10.3. The third kappa shape index (κ3) is 14.4. The number of ether oxygens (including phenoxy) is 4. The molecule has 0 spiro atoms. The highest BCUT2D eigenvalue weighted by atomic mass is 16.7. The molecular weight excluding hydrogens is 540 g/mol. The second-order valence-electron chi connectivity index (χ2n) is 10.3. The third-order valence-corrected chi connectivity index (χ3v) is 6.83. The van der Waals surface area contributed by atoms with Crippen molar-refractivity contribution in [3.05, 3.63) is 0 Å². The summed E-state index contributed by atoms with van der Waals surface area (Å²) in [5, 5.41) is 30.5. The molecule has 5 unspecified atom stereocenters. The van der Waals surface area contributed by atoms with E-state index in [1.54, 1.807) is 7.05 Å². The molecule has 0 aromatic heterocycles. The summed E-state index contributed by atoms with van der Waals surface area (Å²) in [6.07, 6.45) is 1.26. The molecule has 41 heavy (non-hydrogen) atoms. The smallest absolute Gasteiger partial charge is 0.242 e. The molecule has 2 aliphatic heterocycles. The fraction of sp³-hybridized carbons (Fsp3) is 0.852. The Labute approximate surface area is 241 Å². The van der Waals surface area contributed by atoms with Gasteiger partial charge in [-0.2, -0.15) is 0 Å². The Morgan fingerprint density at radius 3 is 2.22 bits per heavy atom. The normalized spacial score (nSPS) is 25.1. The number of hydrogen-bond acceptors (Lipinski definition) is 10. The van der Waals surface area contributed by atoms with E-state index < -0.39 is 36.7 Å². The number of unbranched alkanes of at least 4 members (excludes halogenated alkanes) is 1. The van der Waals surface area contributed by atoms with Gasteiger partial charge in [0.15, 0.2) is 12.6 Å². The van der Waals surface area contributed by atoms with E-state index in [0.717, 1.165) is 12.8 Å². The van der Waals surface area contributed by atoms with E-state index in [1.807, 2.05) is 6.92 Å². The van der Waals surface area contributed by atoms with E-state index in [-0.39, 0.29) is 69.4 Å². The lowest BCUT2D eigenvalue weighted by Gasteiger charge is -2.31. The molecule has 2 aliphatic rings. The molecule has 0 saturated carbocycles. The highest BCUT2D eigenvalue weighted by Gasteiger charge is 2.28. The van der Waals surface area contributed by atoms with Gasteiger partial charge in [0.1, 0.15) is 18.2 Å². The van der Waals surface area contributed by atoms with E-state index in [0.29, 0.717) is 38.7 Å². The van der Waals surface area contributed by atoms with Crippen LogP contribution in [-0.2, 0) is 38.1 Å². The number of carbonyl (C=O) groups excluding carboxylic acids is 4. The van der Waals surface area contributed by atoms with E-state index in [1.165, 1.54) is 0 Å². The SMILES string of the molecule is CNC(=O)CCCCC(=O)NC(CCC(=O)NCCOC1O[C@@H](C)CCC1O)C(=O)NCCOC1OCCCC1O. The molecule has 0 radical (unpaired) electrons. The summed E-state index contributed by atoms with van der Waals surface area (Å²) >= 11 is 0. The van der Waals surface area contributed by atoms with Gasteiger partial charge in [-0.25, -0.2) is 0 Å². The summed E-state index contributed by atoms with van der Waals surface area (Å²) in [7, 11) is 1.55. The van der Waals surface area contributed by atoms with Gasteiger partial charge in [0.25, 0.3) is 0 Å². The predicted octanol–water partition coefficient (Wildman–Crippen LogP) is -0.793. The lowest BCUT2D eigenvalue weighted by molar-refractivity contribution is -0.235. The Bertz CT molecular complexity index is 817. The maximum Gasteiger partial charge on any atom is 0.242 e. The summed E-state index contributed by atoms with van der Waals surface area (Å²) in [5.74, 6) is -1.25. The van der Waals surface area contributed by atoms with E-state index >= 15 is 0 Å². The molecule has 0 aliphatic carbocycles. The zero-order chi connectivity index (χ0) is 30.0. The van der Waals surface area contributed by atoms with Crippen molar-refractivity contribution in [2.45, 2.75) is 108 Å². The van der Waals surface area contributed by atoms with Gasteiger partial charge in [0.05, 0.1) is 19.3 Å². The summed E-state index contributed by atoms with van der Waals surface area (Å²) in [4.78, 5) is 49.1. The maximum absolute atomic E-state index is 12.9. The molecule has 0 aromatic rings. The fourth-order valence-corrected chi connectivity index (χ4v) is 4.41. The molecule has 2 saturated heterocycles. The number of aliphatic hydroxyl groups excluding tert-OH is 2. The summed E-state index contributed by atoms with van der Waals surface area (Å²) < 4.78 is 22.0. The highest BCUT2D eigenvalue weighted by Crippen LogP contribution is 2.20. The van der Waals surface area contributed by atoms with Crippen LogP contribution in [0.3, 0.4) is 0 Å². The van der Waals surface area contributed by atoms with Gasteiger partial charge in [-0.15, -0.1) is 0 Å². The van der Waals surface area contributed by atoms with Crippen LogP contribution in [-0.4, -0.2) is 111 Å².